The fourth-order valence-electron chi connectivity index (χ4n) is 2.91. The molecule has 1 N–H and O–H groups in total. The summed E-state index contributed by atoms with van der Waals surface area (Å²) in [6.45, 7) is 2.52. The van der Waals surface area contributed by atoms with Crippen molar-refractivity contribution in [2.75, 3.05) is 18.0 Å². The van der Waals surface area contributed by atoms with Crippen molar-refractivity contribution in [1.82, 2.24) is 10.3 Å². The number of carbonyl (C=O) groups excluding carboxylic acids is 2. The summed E-state index contributed by atoms with van der Waals surface area (Å²) in [5.74, 6) is -1.63. The second-order valence-corrected chi connectivity index (χ2v) is 6.13. The monoisotopic (exact) mass is 341 g/mol. The summed E-state index contributed by atoms with van der Waals surface area (Å²) in [5.41, 5.74) is 1.91. The Bertz CT molecular complexity index is 779. The minimum atomic E-state index is -0.715. The number of anilines is 1. The maximum atomic E-state index is 13.7. The van der Waals surface area contributed by atoms with Gasteiger partial charge >= 0.3 is 0 Å². The standard InChI is InChI=1S/C19H20FN3O2/c1-13-5-6-15(12-17(13)20)23-11-8-16(19(23)25)18(24)22-10-7-14-4-2-3-9-21-14/h2-6,9,12,16H,7-8,10-11H2,1H3,(H,22,24). The van der Waals surface area contributed by atoms with E-state index in [0.29, 0.717) is 37.2 Å². The number of benzene rings is 1. The number of rotatable bonds is 5. The van der Waals surface area contributed by atoms with Gasteiger partial charge in [-0.05, 0) is 43.2 Å². The van der Waals surface area contributed by atoms with Crippen molar-refractivity contribution in [1.29, 1.82) is 0 Å². The summed E-state index contributed by atoms with van der Waals surface area (Å²) in [5, 5.41) is 2.80. The number of carbonyl (C=O) groups is 2. The van der Waals surface area contributed by atoms with E-state index in [1.54, 1.807) is 25.3 Å². The van der Waals surface area contributed by atoms with E-state index in [2.05, 4.69) is 10.3 Å². The molecule has 0 saturated carbocycles. The van der Waals surface area contributed by atoms with Crippen LogP contribution in [0, 0.1) is 18.7 Å². The van der Waals surface area contributed by atoms with E-state index in [0.717, 1.165) is 5.69 Å². The Kier molecular flexibility index (Phi) is 5.07. The number of pyridine rings is 1. The zero-order chi connectivity index (χ0) is 17.8. The van der Waals surface area contributed by atoms with Gasteiger partial charge in [-0.1, -0.05) is 12.1 Å². The minimum absolute atomic E-state index is 0.279. The molecular formula is C19H20FN3O2. The van der Waals surface area contributed by atoms with Crippen LogP contribution in [0.5, 0.6) is 0 Å². The van der Waals surface area contributed by atoms with Gasteiger partial charge in [-0.2, -0.15) is 0 Å². The Morgan fingerprint density at radius 2 is 2.20 bits per heavy atom. The highest BCUT2D eigenvalue weighted by atomic mass is 19.1. The van der Waals surface area contributed by atoms with E-state index in [-0.39, 0.29) is 17.6 Å². The number of nitrogens with one attached hydrogen (secondary N) is 1. The molecule has 1 aromatic heterocycles. The molecule has 130 valence electrons. The maximum Gasteiger partial charge on any atom is 0.239 e. The molecule has 2 aromatic rings. The molecule has 2 heterocycles. The van der Waals surface area contributed by atoms with Crippen LogP contribution >= 0.6 is 0 Å². The predicted molar refractivity (Wildman–Crippen MR) is 92.5 cm³/mol. The number of halogens is 1. The van der Waals surface area contributed by atoms with Gasteiger partial charge in [0.2, 0.25) is 11.8 Å². The molecule has 1 unspecified atom stereocenters. The lowest BCUT2D eigenvalue weighted by molar-refractivity contribution is -0.132. The number of hydrogen-bond acceptors (Lipinski definition) is 3. The van der Waals surface area contributed by atoms with Crippen LogP contribution in [-0.4, -0.2) is 29.9 Å². The molecule has 1 atom stereocenters. The van der Waals surface area contributed by atoms with Crippen LogP contribution in [0.25, 0.3) is 0 Å². The Morgan fingerprint density at radius 1 is 1.36 bits per heavy atom. The van der Waals surface area contributed by atoms with Gasteiger partial charge in [0.05, 0.1) is 0 Å². The van der Waals surface area contributed by atoms with Crippen molar-refractivity contribution in [2.24, 2.45) is 5.92 Å². The summed E-state index contributed by atoms with van der Waals surface area (Å²) in [4.78, 5) is 30.5. The van der Waals surface area contributed by atoms with Gasteiger partial charge in [-0.15, -0.1) is 0 Å². The fraction of sp³-hybridized carbons (Fsp3) is 0.316. The van der Waals surface area contributed by atoms with Crippen LogP contribution in [0.15, 0.2) is 42.6 Å². The SMILES string of the molecule is Cc1ccc(N2CCC(C(=O)NCCc3ccccn3)C2=O)cc1F. The van der Waals surface area contributed by atoms with Crippen LogP contribution in [0.2, 0.25) is 0 Å². The Morgan fingerprint density at radius 3 is 2.92 bits per heavy atom. The van der Waals surface area contributed by atoms with E-state index in [9.17, 15) is 14.0 Å². The fourth-order valence-corrected chi connectivity index (χ4v) is 2.91. The number of aromatic nitrogens is 1. The molecule has 1 saturated heterocycles. The number of hydrogen-bond donors (Lipinski definition) is 1. The van der Waals surface area contributed by atoms with Gasteiger partial charge in [-0.25, -0.2) is 4.39 Å². The lowest BCUT2D eigenvalue weighted by Gasteiger charge is -2.17. The summed E-state index contributed by atoms with van der Waals surface area (Å²) in [7, 11) is 0. The lowest BCUT2D eigenvalue weighted by atomic mass is 10.1. The second-order valence-electron chi connectivity index (χ2n) is 6.13. The highest BCUT2D eigenvalue weighted by Gasteiger charge is 2.37. The van der Waals surface area contributed by atoms with Crippen LogP contribution in [0.3, 0.4) is 0 Å². The van der Waals surface area contributed by atoms with Gasteiger partial charge in [0.15, 0.2) is 0 Å². The smallest absolute Gasteiger partial charge is 0.239 e. The van der Waals surface area contributed by atoms with Crippen LogP contribution in [0.4, 0.5) is 10.1 Å². The van der Waals surface area contributed by atoms with Crippen molar-refractivity contribution in [2.45, 2.75) is 19.8 Å². The summed E-state index contributed by atoms with van der Waals surface area (Å²) in [6, 6.07) is 10.3. The topological polar surface area (TPSA) is 62.3 Å². The van der Waals surface area contributed by atoms with Crippen molar-refractivity contribution in [3.05, 3.63) is 59.7 Å². The van der Waals surface area contributed by atoms with Crippen molar-refractivity contribution in [3.8, 4) is 0 Å². The number of nitrogens with zero attached hydrogens (tertiary/aromatic N) is 2. The van der Waals surface area contributed by atoms with Crippen molar-refractivity contribution < 1.29 is 14.0 Å². The first-order valence-corrected chi connectivity index (χ1v) is 8.31. The van der Waals surface area contributed by atoms with Gasteiger partial charge in [-0.3, -0.25) is 14.6 Å². The second kappa shape index (κ2) is 7.42. The molecule has 3 rings (SSSR count). The molecule has 6 heteroatoms. The van der Waals surface area contributed by atoms with Crippen molar-refractivity contribution >= 4 is 17.5 Å². The molecular weight excluding hydrogens is 321 g/mol. The molecule has 0 radical (unpaired) electrons. The van der Waals surface area contributed by atoms with E-state index in [1.807, 2.05) is 18.2 Å². The number of aryl methyl sites for hydroxylation is 1. The molecule has 1 aromatic carbocycles. The zero-order valence-electron chi connectivity index (χ0n) is 14.0. The zero-order valence-corrected chi connectivity index (χ0v) is 14.0. The molecule has 5 nitrogen and oxygen atoms in total. The van der Waals surface area contributed by atoms with Gasteiger partial charge in [0.1, 0.15) is 11.7 Å². The third-order valence-electron chi connectivity index (χ3n) is 4.40. The summed E-state index contributed by atoms with van der Waals surface area (Å²) < 4.78 is 13.7. The molecule has 1 fully saturated rings. The molecule has 1 aliphatic rings. The normalized spacial score (nSPS) is 17.0. The van der Waals surface area contributed by atoms with Crippen LogP contribution < -0.4 is 10.2 Å². The van der Waals surface area contributed by atoms with E-state index < -0.39 is 5.92 Å². The van der Waals surface area contributed by atoms with Gasteiger partial charge < -0.3 is 10.2 Å². The van der Waals surface area contributed by atoms with Crippen LogP contribution in [-0.2, 0) is 16.0 Å². The molecule has 1 aliphatic heterocycles. The van der Waals surface area contributed by atoms with E-state index >= 15 is 0 Å². The third-order valence-corrected chi connectivity index (χ3v) is 4.40. The average molecular weight is 341 g/mol. The van der Waals surface area contributed by atoms with Crippen molar-refractivity contribution in [3.63, 3.8) is 0 Å². The Labute approximate surface area is 145 Å². The largest absolute Gasteiger partial charge is 0.355 e. The van der Waals surface area contributed by atoms with Crippen LogP contribution in [0.1, 0.15) is 17.7 Å². The molecule has 0 aliphatic carbocycles. The van der Waals surface area contributed by atoms with E-state index in [1.165, 1.54) is 11.0 Å². The predicted octanol–water partition coefficient (Wildman–Crippen LogP) is 2.24. The first-order chi connectivity index (χ1) is 12.1. The Hall–Kier alpha value is -2.76. The molecule has 0 spiro atoms. The van der Waals surface area contributed by atoms with Gasteiger partial charge in [0.25, 0.3) is 0 Å². The summed E-state index contributed by atoms with van der Waals surface area (Å²) in [6.07, 6.45) is 2.75. The quantitative estimate of drug-likeness (QED) is 0.849. The minimum Gasteiger partial charge on any atom is -0.355 e. The lowest BCUT2D eigenvalue weighted by Crippen LogP contribution is -2.37. The summed E-state index contributed by atoms with van der Waals surface area (Å²) >= 11 is 0. The molecule has 0 bridgehead atoms. The van der Waals surface area contributed by atoms with Gasteiger partial charge in [0, 0.05) is 37.1 Å². The molecule has 2 amide bonds. The molecule has 25 heavy (non-hydrogen) atoms. The maximum absolute atomic E-state index is 13.7. The first kappa shape index (κ1) is 17.1. The van der Waals surface area contributed by atoms with E-state index in [4.69, 9.17) is 0 Å². The third kappa shape index (κ3) is 3.84. The average Bonchev–Trinajstić information content (AvgIpc) is 3.00. The highest BCUT2D eigenvalue weighted by Crippen LogP contribution is 2.26. The Balaban J connectivity index is 1.57. The highest BCUT2D eigenvalue weighted by molar-refractivity contribution is 6.09. The number of amides is 2. The first-order valence-electron chi connectivity index (χ1n) is 8.31.